The zero-order chi connectivity index (χ0) is 9.80. The Morgan fingerprint density at radius 2 is 2.14 bits per heavy atom. The van der Waals surface area contributed by atoms with E-state index in [1.165, 1.54) is 12.8 Å². The molecular formula is C11H17N3. The first-order chi connectivity index (χ1) is 6.86. The minimum Gasteiger partial charge on any atom is -0.384 e. The Kier molecular flexibility index (Phi) is 2.99. The molecule has 1 fully saturated rings. The molecule has 76 valence electrons. The summed E-state index contributed by atoms with van der Waals surface area (Å²) in [4.78, 5) is 6.40. The summed E-state index contributed by atoms with van der Waals surface area (Å²) in [5.41, 5.74) is 1.16. The first kappa shape index (κ1) is 9.46. The lowest BCUT2D eigenvalue weighted by molar-refractivity contribution is 0.337. The lowest BCUT2D eigenvalue weighted by Gasteiger charge is -2.16. The van der Waals surface area contributed by atoms with Crippen molar-refractivity contribution in [3.63, 3.8) is 0 Å². The molecule has 0 aromatic carbocycles. The quantitative estimate of drug-likeness (QED) is 0.766. The number of likely N-dealkylation sites (N-methyl/N-ethyl adjacent to an activating group) is 1. The maximum absolute atomic E-state index is 3.98. The number of aromatic nitrogens is 1. The smallest absolute Gasteiger partial charge is 0.0371 e. The molecule has 1 N–H and O–H groups in total. The number of nitrogens with zero attached hydrogens (tertiary/aromatic N) is 2. The average molecular weight is 191 g/mol. The third-order valence-corrected chi connectivity index (χ3v) is 2.64. The molecule has 3 heteroatoms. The largest absolute Gasteiger partial charge is 0.384 e. The van der Waals surface area contributed by atoms with Crippen LogP contribution in [-0.4, -0.2) is 36.1 Å². The third-order valence-electron chi connectivity index (χ3n) is 2.64. The Hall–Kier alpha value is -1.09. The minimum atomic E-state index is 0.856. The van der Waals surface area contributed by atoms with Gasteiger partial charge in [0, 0.05) is 37.2 Å². The normalized spacial score (nSPS) is 15.9. The van der Waals surface area contributed by atoms with Crippen LogP contribution in [0.4, 0.5) is 5.69 Å². The maximum atomic E-state index is 3.98. The van der Waals surface area contributed by atoms with Gasteiger partial charge >= 0.3 is 0 Å². The summed E-state index contributed by atoms with van der Waals surface area (Å²) in [6.45, 7) is 2.13. The molecule has 1 heterocycles. The highest BCUT2D eigenvalue weighted by molar-refractivity contribution is 5.40. The Morgan fingerprint density at radius 3 is 2.79 bits per heavy atom. The van der Waals surface area contributed by atoms with E-state index in [4.69, 9.17) is 0 Å². The predicted octanol–water partition coefficient (Wildman–Crippen LogP) is 1.59. The molecule has 2 rings (SSSR count). The third kappa shape index (κ3) is 2.70. The molecule has 0 radical (unpaired) electrons. The number of rotatable bonds is 5. The van der Waals surface area contributed by atoms with Crippen molar-refractivity contribution in [2.45, 2.75) is 18.9 Å². The molecule has 1 saturated carbocycles. The molecule has 1 aromatic rings. The molecule has 0 amide bonds. The van der Waals surface area contributed by atoms with E-state index in [0.717, 1.165) is 24.8 Å². The number of hydrogen-bond acceptors (Lipinski definition) is 3. The molecule has 0 aliphatic heterocycles. The second-order valence-electron chi connectivity index (χ2n) is 3.87. The van der Waals surface area contributed by atoms with E-state index in [-0.39, 0.29) is 0 Å². The van der Waals surface area contributed by atoms with Crippen LogP contribution in [0.2, 0.25) is 0 Å². The molecule has 0 spiro atoms. The molecule has 1 aliphatic rings. The standard InChI is InChI=1S/C11H17N3/c1-14(11-2-3-11)9-8-13-10-4-6-12-7-5-10/h4-7,11H,2-3,8-9H2,1H3,(H,12,13). The predicted molar refractivity (Wildman–Crippen MR) is 58.4 cm³/mol. The molecule has 0 saturated heterocycles. The van der Waals surface area contributed by atoms with Crippen molar-refractivity contribution in [3.8, 4) is 0 Å². The molecule has 0 atom stereocenters. The maximum Gasteiger partial charge on any atom is 0.0371 e. The van der Waals surface area contributed by atoms with E-state index in [1.54, 1.807) is 0 Å². The van der Waals surface area contributed by atoms with Gasteiger partial charge in [-0.2, -0.15) is 0 Å². The molecule has 14 heavy (non-hydrogen) atoms. The van der Waals surface area contributed by atoms with Gasteiger partial charge in [0.15, 0.2) is 0 Å². The first-order valence-corrected chi connectivity index (χ1v) is 5.20. The van der Waals surface area contributed by atoms with E-state index in [9.17, 15) is 0 Å². The Labute approximate surface area is 85.1 Å². The summed E-state index contributed by atoms with van der Waals surface area (Å²) in [5, 5.41) is 3.38. The SMILES string of the molecule is CN(CCNc1ccncc1)C1CC1. The van der Waals surface area contributed by atoms with Crippen LogP contribution in [0.25, 0.3) is 0 Å². The fourth-order valence-corrected chi connectivity index (χ4v) is 1.54. The van der Waals surface area contributed by atoms with Gasteiger partial charge in [0.2, 0.25) is 0 Å². The molecule has 3 nitrogen and oxygen atoms in total. The molecule has 1 aromatic heterocycles. The molecule has 1 aliphatic carbocycles. The molecular weight excluding hydrogens is 174 g/mol. The highest BCUT2D eigenvalue weighted by atomic mass is 15.2. The van der Waals surface area contributed by atoms with Crippen molar-refractivity contribution < 1.29 is 0 Å². The van der Waals surface area contributed by atoms with Gasteiger partial charge in [-0.15, -0.1) is 0 Å². The van der Waals surface area contributed by atoms with Crippen LogP contribution in [-0.2, 0) is 0 Å². The molecule has 0 bridgehead atoms. The second-order valence-corrected chi connectivity index (χ2v) is 3.87. The van der Waals surface area contributed by atoms with E-state index >= 15 is 0 Å². The highest BCUT2D eigenvalue weighted by Crippen LogP contribution is 2.24. The summed E-state index contributed by atoms with van der Waals surface area (Å²) in [6.07, 6.45) is 6.39. The monoisotopic (exact) mass is 191 g/mol. The lowest BCUT2D eigenvalue weighted by Crippen LogP contribution is -2.26. The first-order valence-electron chi connectivity index (χ1n) is 5.20. The second kappa shape index (κ2) is 4.42. The summed E-state index contributed by atoms with van der Waals surface area (Å²) >= 11 is 0. The van der Waals surface area contributed by atoms with Crippen LogP contribution in [0.1, 0.15) is 12.8 Å². The van der Waals surface area contributed by atoms with Gasteiger partial charge in [-0.1, -0.05) is 0 Å². The van der Waals surface area contributed by atoms with Crippen LogP contribution in [0, 0.1) is 0 Å². The zero-order valence-corrected chi connectivity index (χ0v) is 8.61. The van der Waals surface area contributed by atoms with Gasteiger partial charge in [-0.25, -0.2) is 0 Å². The average Bonchev–Trinajstić information content (AvgIpc) is 3.02. The lowest BCUT2D eigenvalue weighted by atomic mass is 10.4. The van der Waals surface area contributed by atoms with Crippen molar-refractivity contribution in [1.29, 1.82) is 0 Å². The van der Waals surface area contributed by atoms with Crippen LogP contribution in [0.5, 0.6) is 0 Å². The number of anilines is 1. The van der Waals surface area contributed by atoms with Crippen LogP contribution in [0.15, 0.2) is 24.5 Å². The number of hydrogen-bond donors (Lipinski definition) is 1. The minimum absolute atomic E-state index is 0.856. The van der Waals surface area contributed by atoms with Gasteiger partial charge in [0.05, 0.1) is 0 Å². The van der Waals surface area contributed by atoms with Crippen LogP contribution in [0.3, 0.4) is 0 Å². The summed E-state index contributed by atoms with van der Waals surface area (Å²) in [6, 6.07) is 4.85. The van der Waals surface area contributed by atoms with Gasteiger partial charge in [0.25, 0.3) is 0 Å². The summed E-state index contributed by atoms with van der Waals surface area (Å²) in [5.74, 6) is 0. The van der Waals surface area contributed by atoms with Crippen LogP contribution >= 0.6 is 0 Å². The number of nitrogens with one attached hydrogen (secondary N) is 1. The fourth-order valence-electron chi connectivity index (χ4n) is 1.54. The van der Waals surface area contributed by atoms with Gasteiger partial charge in [0.1, 0.15) is 0 Å². The van der Waals surface area contributed by atoms with Gasteiger partial charge in [-0.3, -0.25) is 4.98 Å². The van der Waals surface area contributed by atoms with Crippen molar-refractivity contribution in [2.24, 2.45) is 0 Å². The van der Waals surface area contributed by atoms with Crippen molar-refractivity contribution in [2.75, 3.05) is 25.5 Å². The Morgan fingerprint density at radius 1 is 1.43 bits per heavy atom. The topological polar surface area (TPSA) is 28.2 Å². The van der Waals surface area contributed by atoms with Crippen molar-refractivity contribution in [3.05, 3.63) is 24.5 Å². The van der Waals surface area contributed by atoms with E-state index in [1.807, 2.05) is 24.5 Å². The number of pyridine rings is 1. The zero-order valence-electron chi connectivity index (χ0n) is 8.61. The van der Waals surface area contributed by atoms with Crippen LogP contribution < -0.4 is 5.32 Å². The van der Waals surface area contributed by atoms with Crippen molar-refractivity contribution in [1.82, 2.24) is 9.88 Å². The van der Waals surface area contributed by atoms with E-state index < -0.39 is 0 Å². The highest BCUT2D eigenvalue weighted by Gasteiger charge is 2.25. The molecule has 0 unspecified atom stereocenters. The van der Waals surface area contributed by atoms with Gasteiger partial charge < -0.3 is 10.2 Å². The van der Waals surface area contributed by atoms with Crippen molar-refractivity contribution >= 4 is 5.69 Å². The fraction of sp³-hybridized carbons (Fsp3) is 0.545. The van der Waals surface area contributed by atoms with E-state index in [0.29, 0.717) is 0 Å². The Balaban J connectivity index is 1.67. The van der Waals surface area contributed by atoms with E-state index in [2.05, 4.69) is 22.2 Å². The van der Waals surface area contributed by atoms with Gasteiger partial charge in [-0.05, 0) is 32.0 Å². The summed E-state index contributed by atoms with van der Waals surface area (Å²) < 4.78 is 0. The Bertz CT molecular complexity index is 269. The summed E-state index contributed by atoms with van der Waals surface area (Å²) in [7, 11) is 2.20.